The van der Waals surface area contributed by atoms with E-state index in [4.69, 9.17) is 17.3 Å². The predicted molar refractivity (Wildman–Crippen MR) is 80.9 cm³/mol. The molecule has 0 bridgehead atoms. The van der Waals surface area contributed by atoms with E-state index in [0.29, 0.717) is 6.04 Å². The topological polar surface area (TPSA) is 29.3 Å². The maximum atomic E-state index is 6.25. The van der Waals surface area contributed by atoms with Crippen LogP contribution < -0.4 is 5.73 Å². The summed E-state index contributed by atoms with van der Waals surface area (Å²) in [7, 11) is 0. The standard InChI is InChI=1S/C15H25ClN2/c1-4-6-9-18(12(3)5-2)11-13-7-8-14(17)10-15(13)16/h7-8,10,12H,4-6,9,11,17H2,1-3H3. The highest BCUT2D eigenvalue weighted by Crippen LogP contribution is 2.22. The molecule has 1 aromatic rings. The third-order valence-corrected chi connectivity index (χ3v) is 3.82. The largest absolute Gasteiger partial charge is 0.399 e. The van der Waals surface area contributed by atoms with Gasteiger partial charge >= 0.3 is 0 Å². The monoisotopic (exact) mass is 268 g/mol. The van der Waals surface area contributed by atoms with Crippen LogP contribution in [0.25, 0.3) is 0 Å². The maximum absolute atomic E-state index is 6.25. The first-order chi connectivity index (χ1) is 8.58. The number of nitrogen functional groups attached to an aromatic ring is 1. The third-order valence-electron chi connectivity index (χ3n) is 3.46. The van der Waals surface area contributed by atoms with Crippen LogP contribution in [0.15, 0.2) is 18.2 Å². The Labute approximate surface area is 116 Å². The van der Waals surface area contributed by atoms with Gasteiger partial charge in [-0.2, -0.15) is 0 Å². The Bertz CT molecular complexity index is 366. The number of rotatable bonds is 7. The van der Waals surface area contributed by atoms with E-state index in [0.717, 1.165) is 30.2 Å². The zero-order valence-corrected chi connectivity index (χ0v) is 12.5. The van der Waals surface area contributed by atoms with E-state index in [1.54, 1.807) is 0 Å². The van der Waals surface area contributed by atoms with Crippen molar-refractivity contribution in [2.45, 2.75) is 52.6 Å². The van der Waals surface area contributed by atoms with Crippen LogP contribution in [0.2, 0.25) is 5.02 Å². The van der Waals surface area contributed by atoms with E-state index in [9.17, 15) is 0 Å². The molecule has 0 fully saturated rings. The highest BCUT2D eigenvalue weighted by Gasteiger charge is 2.13. The van der Waals surface area contributed by atoms with Crippen molar-refractivity contribution in [3.63, 3.8) is 0 Å². The second-order valence-electron chi connectivity index (χ2n) is 4.93. The first kappa shape index (κ1) is 15.3. The average Bonchev–Trinajstić information content (AvgIpc) is 2.36. The van der Waals surface area contributed by atoms with E-state index in [1.807, 2.05) is 18.2 Å². The Hall–Kier alpha value is -0.730. The normalized spacial score (nSPS) is 12.9. The molecule has 0 amide bonds. The number of benzene rings is 1. The lowest BCUT2D eigenvalue weighted by atomic mass is 10.1. The third kappa shape index (κ3) is 4.51. The fourth-order valence-corrected chi connectivity index (χ4v) is 2.23. The minimum atomic E-state index is 0.588. The number of nitrogens with zero attached hydrogens (tertiary/aromatic N) is 1. The summed E-state index contributed by atoms with van der Waals surface area (Å²) in [6.45, 7) is 8.78. The highest BCUT2D eigenvalue weighted by atomic mass is 35.5. The molecule has 1 atom stereocenters. The molecular formula is C15H25ClN2. The van der Waals surface area contributed by atoms with Gasteiger partial charge in [0.15, 0.2) is 0 Å². The minimum Gasteiger partial charge on any atom is -0.399 e. The van der Waals surface area contributed by atoms with Gasteiger partial charge in [0.25, 0.3) is 0 Å². The summed E-state index contributed by atoms with van der Waals surface area (Å²) in [5.74, 6) is 0. The van der Waals surface area contributed by atoms with E-state index in [2.05, 4.69) is 25.7 Å². The number of halogens is 1. The Morgan fingerprint density at radius 3 is 2.61 bits per heavy atom. The molecule has 0 aliphatic carbocycles. The Kier molecular flexibility index (Phi) is 6.51. The molecule has 2 nitrogen and oxygen atoms in total. The van der Waals surface area contributed by atoms with Crippen molar-refractivity contribution < 1.29 is 0 Å². The van der Waals surface area contributed by atoms with E-state index in [-0.39, 0.29) is 0 Å². The summed E-state index contributed by atoms with van der Waals surface area (Å²) in [6, 6.07) is 6.39. The van der Waals surface area contributed by atoms with Gasteiger partial charge in [-0.05, 0) is 44.0 Å². The van der Waals surface area contributed by atoms with Gasteiger partial charge in [-0.15, -0.1) is 0 Å². The smallest absolute Gasteiger partial charge is 0.0471 e. The lowest BCUT2D eigenvalue weighted by Gasteiger charge is -2.28. The van der Waals surface area contributed by atoms with Gasteiger partial charge in [-0.3, -0.25) is 4.90 Å². The molecule has 1 rings (SSSR count). The summed E-state index contributed by atoms with van der Waals surface area (Å²) < 4.78 is 0. The van der Waals surface area contributed by atoms with Gasteiger partial charge in [0.05, 0.1) is 0 Å². The van der Waals surface area contributed by atoms with Crippen LogP contribution >= 0.6 is 11.6 Å². The van der Waals surface area contributed by atoms with E-state index in [1.165, 1.54) is 18.4 Å². The summed E-state index contributed by atoms with van der Waals surface area (Å²) in [6.07, 6.45) is 3.62. The summed E-state index contributed by atoms with van der Waals surface area (Å²) in [5, 5.41) is 0.778. The van der Waals surface area contributed by atoms with Crippen molar-refractivity contribution in [3.05, 3.63) is 28.8 Å². The van der Waals surface area contributed by atoms with Crippen molar-refractivity contribution in [1.29, 1.82) is 0 Å². The second-order valence-corrected chi connectivity index (χ2v) is 5.34. The predicted octanol–water partition coefficient (Wildman–Crippen LogP) is 4.32. The van der Waals surface area contributed by atoms with Crippen molar-refractivity contribution in [1.82, 2.24) is 4.90 Å². The quantitative estimate of drug-likeness (QED) is 0.746. The van der Waals surface area contributed by atoms with Crippen molar-refractivity contribution in [3.8, 4) is 0 Å². The first-order valence-corrected chi connectivity index (χ1v) is 7.24. The minimum absolute atomic E-state index is 0.588. The van der Waals surface area contributed by atoms with Crippen LogP contribution in [-0.4, -0.2) is 17.5 Å². The molecule has 3 heteroatoms. The molecule has 0 saturated carbocycles. The fourth-order valence-electron chi connectivity index (χ4n) is 1.99. The first-order valence-electron chi connectivity index (χ1n) is 6.86. The lowest BCUT2D eigenvalue weighted by molar-refractivity contribution is 0.192. The molecule has 102 valence electrons. The number of nitrogens with two attached hydrogens (primary N) is 1. The molecule has 0 aliphatic heterocycles. The van der Waals surface area contributed by atoms with Crippen LogP contribution in [0, 0.1) is 0 Å². The molecule has 0 spiro atoms. The van der Waals surface area contributed by atoms with Gasteiger partial charge in [0.1, 0.15) is 0 Å². The van der Waals surface area contributed by atoms with Crippen molar-refractivity contribution in [2.75, 3.05) is 12.3 Å². The van der Waals surface area contributed by atoms with Crippen molar-refractivity contribution in [2.24, 2.45) is 0 Å². The van der Waals surface area contributed by atoms with Crippen molar-refractivity contribution >= 4 is 17.3 Å². The van der Waals surface area contributed by atoms with Crippen LogP contribution in [0.5, 0.6) is 0 Å². The number of hydrogen-bond donors (Lipinski definition) is 1. The number of anilines is 1. The number of hydrogen-bond acceptors (Lipinski definition) is 2. The van der Waals surface area contributed by atoms with Gasteiger partial charge in [0.2, 0.25) is 0 Å². The molecule has 1 aromatic carbocycles. The molecule has 2 N–H and O–H groups in total. The zero-order chi connectivity index (χ0) is 13.5. The number of unbranched alkanes of at least 4 members (excludes halogenated alkanes) is 1. The van der Waals surface area contributed by atoms with Gasteiger partial charge in [0, 0.05) is 23.3 Å². The maximum Gasteiger partial charge on any atom is 0.0471 e. The van der Waals surface area contributed by atoms with Crippen LogP contribution in [-0.2, 0) is 6.54 Å². The van der Waals surface area contributed by atoms with Gasteiger partial charge < -0.3 is 5.73 Å². The molecule has 0 aliphatic rings. The SMILES string of the molecule is CCCCN(Cc1ccc(N)cc1Cl)C(C)CC. The summed E-state index contributed by atoms with van der Waals surface area (Å²) in [4.78, 5) is 2.50. The molecule has 0 radical (unpaired) electrons. The summed E-state index contributed by atoms with van der Waals surface area (Å²) in [5.41, 5.74) is 7.62. The second kappa shape index (κ2) is 7.65. The Morgan fingerprint density at radius 1 is 1.33 bits per heavy atom. The van der Waals surface area contributed by atoms with Gasteiger partial charge in [-0.1, -0.05) is 37.9 Å². The molecular weight excluding hydrogens is 244 g/mol. The van der Waals surface area contributed by atoms with Gasteiger partial charge in [-0.25, -0.2) is 0 Å². The Morgan fingerprint density at radius 2 is 2.06 bits per heavy atom. The lowest BCUT2D eigenvalue weighted by Crippen LogP contribution is -2.33. The Balaban J connectivity index is 2.75. The average molecular weight is 269 g/mol. The molecule has 1 unspecified atom stereocenters. The van der Waals surface area contributed by atoms with E-state index < -0.39 is 0 Å². The molecule has 18 heavy (non-hydrogen) atoms. The van der Waals surface area contributed by atoms with Crippen LogP contribution in [0.4, 0.5) is 5.69 Å². The fraction of sp³-hybridized carbons (Fsp3) is 0.600. The molecule has 0 heterocycles. The van der Waals surface area contributed by atoms with Crippen LogP contribution in [0.1, 0.15) is 45.6 Å². The van der Waals surface area contributed by atoms with E-state index >= 15 is 0 Å². The molecule has 0 saturated heterocycles. The summed E-state index contributed by atoms with van der Waals surface area (Å²) >= 11 is 6.25. The van der Waals surface area contributed by atoms with Crippen LogP contribution in [0.3, 0.4) is 0 Å². The zero-order valence-electron chi connectivity index (χ0n) is 11.7. The molecule has 0 aromatic heterocycles. The highest BCUT2D eigenvalue weighted by molar-refractivity contribution is 6.31.